The first-order valence-electron chi connectivity index (χ1n) is 6.44. The molecule has 0 aliphatic carbocycles. The summed E-state index contributed by atoms with van der Waals surface area (Å²) in [6, 6.07) is 3.75. The van der Waals surface area contributed by atoms with Crippen molar-refractivity contribution in [1.29, 1.82) is 0 Å². The van der Waals surface area contributed by atoms with Gasteiger partial charge in [-0.15, -0.1) is 0 Å². The topological polar surface area (TPSA) is 69.4 Å². The summed E-state index contributed by atoms with van der Waals surface area (Å²) >= 11 is 0. The highest BCUT2D eigenvalue weighted by molar-refractivity contribution is 5.43. The van der Waals surface area contributed by atoms with E-state index in [1.807, 2.05) is 26.0 Å². The summed E-state index contributed by atoms with van der Waals surface area (Å²) in [5, 5.41) is 7.20. The molecule has 0 aliphatic heterocycles. The number of anilines is 1. The van der Waals surface area contributed by atoms with E-state index in [0.29, 0.717) is 25.6 Å². The van der Waals surface area contributed by atoms with Crippen LogP contribution >= 0.6 is 0 Å². The predicted molar refractivity (Wildman–Crippen MR) is 74.9 cm³/mol. The van der Waals surface area contributed by atoms with Crippen LogP contribution in [-0.4, -0.2) is 30.5 Å². The molecule has 20 heavy (non-hydrogen) atoms. The van der Waals surface area contributed by atoms with Crippen LogP contribution in [0.1, 0.15) is 17.0 Å². The van der Waals surface area contributed by atoms with Gasteiger partial charge < -0.3 is 19.3 Å². The molecule has 2 aromatic heterocycles. The van der Waals surface area contributed by atoms with E-state index in [0.717, 1.165) is 22.7 Å². The van der Waals surface area contributed by atoms with Crippen molar-refractivity contribution in [3.63, 3.8) is 0 Å². The maximum absolute atomic E-state index is 5.40. The fourth-order valence-electron chi connectivity index (χ4n) is 1.74. The Bertz CT molecular complexity index is 518. The zero-order chi connectivity index (χ0) is 14.4. The summed E-state index contributed by atoms with van der Waals surface area (Å²) in [7, 11) is 1.64. The largest absolute Gasteiger partial charge is 0.475 e. The molecule has 2 rings (SSSR count). The molecule has 0 atom stereocenters. The van der Waals surface area contributed by atoms with Gasteiger partial charge in [0.25, 0.3) is 0 Å². The molecule has 2 heterocycles. The van der Waals surface area contributed by atoms with E-state index in [1.54, 1.807) is 13.3 Å². The van der Waals surface area contributed by atoms with Crippen molar-refractivity contribution in [3.8, 4) is 5.88 Å². The standard InChI is InChI=1S/C14H19N3O3/c1-10-13(11(2)20-17-10)9-15-12-4-5-14(16-8-12)19-7-6-18-3/h4-5,8,15H,6-7,9H2,1-3H3. The Labute approximate surface area is 118 Å². The Hall–Kier alpha value is -2.08. The molecule has 0 radical (unpaired) electrons. The van der Waals surface area contributed by atoms with Crippen molar-refractivity contribution >= 4 is 5.69 Å². The lowest BCUT2D eigenvalue weighted by molar-refractivity contribution is 0.144. The molecule has 108 valence electrons. The summed E-state index contributed by atoms with van der Waals surface area (Å²) < 4.78 is 15.4. The van der Waals surface area contributed by atoms with E-state index in [-0.39, 0.29) is 0 Å². The van der Waals surface area contributed by atoms with Crippen molar-refractivity contribution in [2.45, 2.75) is 20.4 Å². The summed E-state index contributed by atoms with van der Waals surface area (Å²) in [6.45, 7) is 5.54. The maximum atomic E-state index is 5.40. The molecule has 0 saturated heterocycles. The number of aryl methyl sites for hydroxylation is 2. The number of hydrogen-bond donors (Lipinski definition) is 1. The molecule has 0 amide bonds. The molecule has 0 unspecified atom stereocenters. The lowest BCUT2D eigenvalue weighted by Gasteiger charge is -2.07. The van der Waals surface area contributed by atoms with Crippen LogP contribution in [-0.2, 0) is 11.3 Å². The second-order valence-corrected chi connectivity index (χ2v) is 4.38. The Morgan fingerprint density at radius 1 is 1.25 bits per heavy atom. The molecule has 6 heteroatoms. The SMILES string of the molecule is COCCOc1ccc(NCc2c(C)noc2C)cn1. The molecule has 0 aromatic carbocycles. The van der Waals surface area contributed by atoms with Crippen LogP contribution in [0.25, 0.3) is 0 Å². The van der Waals surface area contributed by atoms with Gasteiger partial charge >= 0.3 is 0 Å². The third-order valence-corrected chi connectivity index (χ3v) is 2.92. The second-order valence-electron chi connectivity index (χ2n) is 4.38. The summed E-state index contributed by atoms with van der Waals surface area (Å²) in [5.41, 5.74) is 2.90. The van der Waals surface area contributed by atoms with Crippen molar-refractivity contribution in [2.75, 3.05) is 25.6 Å². The lowest BCUT2D eigenvalue weighted by atomic mass is 10.2. The number of aromatic nitrogens is 2. The lowest BCUT2D eigenvalue weighted by Crippen LogP contribution is -2.06. The number of nitrogens with one attached hydrogen (secondary N) is 1. The molecule has 0 bridgehead atoms. The first-order chi connectivity index (χ1) is 9.70. The summed E-state index contributed by atoms with van der Waals surface area (Å²) in [6.07, 6.45) is 1.74. The van der Waals surface area contributed by atoms with E-state index in [4.69, 9.17) is 14.0 Å². The molecule has 1 N–H and O–H groups in total. The number of hydrogen-bond acceptors (Lipinski definition) is 6. The fraction of sp³-hybridized carbons (Fsp3) is 0.429. The Balaban J connectivity index is 1.88. The summed E-state index contributed by atoms with van der Waals surface area (Å²) in [5.74, 6) is 1.42. The van der Waals surface area contributed by atoms with Gasteiger partial charge in [-0.05, 0) is 19.9 Å². The van der Waals surface area contributed by atoms with Crippen molar-refractivity contribution in [3.05, 3.63) is 35.3 Å². The zero-order valence-corrected chi connectivity index (χ0v) is 12.0. The quantitative estimate of drug-likeness (QED) is 0.783. The highest BCUT2D eigenvalue weighted by Crippen LogP contribution is 2.16. The van der Waals surface area contributed by atoms with Gasteiger partial charge in [-0.1, -0.05) is 5.16 Å². The molecule has 0 aliphatic rings. The normalized spacial score (nSPS) is 10.6. The smallest absolute Gasteiger partial charge is 0.213 e. The van der Waals surface area contributed by atoms with Crippen LogP contribution in [0.3, 0.4) is 0 Å². The molecule has 0 saturated carbocycles. The number of nitrogens with zero attached hydrogens (tertiary/aromatic N) is 2. The third kappa shape index (κ3) is 3.71. The number of methoxy groups -OCH3 is 1. The second kappa shape index (κ2) is 6.91. The molecule has 2 aromatic rings. The molecule has 6 nitrogen and oxygen atoms in total. The average molecular weight is 277 g/mol. The van der Waals surface area contributed by atoms with Crippen LogP contribution in [0.2, 0.25) is 0 Å². The van der Waals surface area contributed by atoms with Crippen molar-refractivity contribution < 1.29 is 14.0 Å². The van der Waals surface area contributed by atoms with Crippen LogP contribution in [0.4, 0.5) is 5.69 Å². The van der Waals surface area contributed by atoms with E-state index in [1.165, 1.54) is 0 Å². The fourth-order valence-corrected chi connectivity index (χ4v) is 1.74. The van der Waals surface area contributed by atoms with Crippen LogP contribution < -0.4 is 10.1 Å². The highest BCUT2D eigenvalue weighted by Gasteiger charge is 2.08. The van der Waals surface area contributed by atoms with E-state index >= 15 is 0 Å². The zero-order valence-electron chi connectivity index (χ0n) is 12.0. The van der Waals surface area contributed by atoms with Crippen molar-refractivity contribution in [1.82, 2.24) is 10.1 Å². The molecular formula is C14H19N3O3. The number of pyridine rings is 1. The molecule has 0 fully saturated rings. The van der Waals surface area contributed by atoms with Gasteiger partial charge in [-0.2, -0.15) is 0 Å². The van der Waals surface area contributed by atoms with E-state index in [9.17, 15) is 0 Å². The number of ether oxygens (including phenoxy) is 2. The first kappa shape index (κ1) is 14.3. The third-order valence-electron chi connectivity index (χ3n) is 2.92. The minimum Gasteiger partial charge on any atom is -0.475 e. The Kier molecular flexibility index (Phi) is 4.95. The van der Waals surface area contributed by atoms with Gasteiger partial charge in [-0.25, -0.2) is 4.98 Å². The summed E-state index contributed by atoms with van der Waals surface area (Å²) in [4.78, 5) is 4.22. The van der Waals surface area contributed by atoms with Crippen LogP contribution in [0, 0.1) is 13.8 Å². The highest BCUT2D eigenvalue weighted by atomic mass is 16.5. The van der Waals surface area contributed by atoms with E-state index in [2.05, 4.69) is 15.5 Å². The maximum Gasteiger partial charge on any atom is 0.213 e. The Morgan fingerprint density at radius 3 is 2.70 bits per heavy atom. The minimum atomic E-state index is 0.495. The molecule has 0 spiro atoms. The molecular weight excluding hydrogens is 258 g/mol. The van der Waals surface area contributed by atoms with Gasteiger partial charge in [0.15, 0.2) is 0 Å². The van der Waals surface area contributed by atoms with Gasteiger partial charge in [-0.3, -0.25) is 0 Å². The van der Waals surface area contributed by atoms with Gasteiger partial charge in [0.1, 0.15) is 12.4 Å². The van der Waals surface area contributed by atoms with Gasteiger partial charge in [0.05, 0.1) is 24.2 Å². The first-order valence-corrected chi connectivity index (χ1v) is 6.44. The Morgan fingerprint density at radius 2 is 2.10 bits per heavy atom. The van der Waals surface area contributed by atoms with Crippen molar-refractivity contribution in [2.24, 2.45) is 0 Å². The van der Waals surface area contributed by atoms with Crippen LogP contribution in [0.15, 0.2) is 22.9 Å². The van der Waals surface area contributed by atoms with Crippen LogP contribution in [0.5, 0.6) is 5.88 Å². The minimum absolute atomic E-state index is 0.495. The van der Waals surface area contributed by atoms with Gasteiger partial charge in [0, 0.05) is 25.3 Å². The predicted octanol–water partition coefficient (Wildman–Crippen LogP) is 2.32. The van der Waals surface area contributed by atoms with E-state index < -0.39 is 0 Å². The average Bonchev–Trinajstić information content (AvgIpc) is 2.78. The van der Waals surface area contributed by atoms with Gasteiger partial charge in [0.2, 0.25) is 5.88 Å². The number of rotatable bonds is 7. The monoisotopic (exact) mass is 277 g/mol.